The Morgan fingerprint density at radius 2 is 1.74 bits per heavy atom. The second-order valence-electron chi connectivity index (χ2n) is 6.35. The molecule has 0 rings (SSSR count). The lowest BCUT2D eigenvalue weighted by molar-refractivity contribution is -0.121. The molecule has 3 amide bonds. The molecule has 0 fully saturated rings. The fraction of sp³-hybridized carbons (Fsp3) is 0.778. The fourth-order valence-corrected chi connectivity index (χ4v) is 2.15. The lowest BCUT2D eigenvalue weighted by atomic mass is 10.3. The molecule has 0 atom stereocenters. The summed E-state index contributed by atoms with van der Waals surface area (Å²) in [6.07, 6.45) is -1.09. The summed E-state index contributed by atoms with van der Waals surface area (Å²) in [5.74, 6) is -0.115. The second-order valence-corrected chi connectivity index (χ2v) is 6.35. The molecule has 0 saturated carbocycles. The molecule has 13 heteroatoms. The highest BCUT2D eigenvalue weighted by molar-refractivity contribution is 5.75. The molecule has 178 valence electrons. The number of rotatable bonds is 18. The molecule has 0 aromatic heterocycles. The van der Waals surface area contributed by atoms with Crippen LogP contribution in [0.3, 0.4) is 0 Å². The quantitative estimate of drug-likeness (QED) is 0.123. The summed E-state index contributed by atoms with van der Waals surface area (Å²) in [6.45, 7) is 4.98. The number of carbonyl (C=O) groups excluding carboxylic acids is 3. The lowest BCUT2D eigenvalue weighted by Crippen LogP contribution is -2.40. The van der Waals surface area contributed by atoms with E-state index in [4.69, 9.17) is 16.2 Å². The molecule has 6 N–H and O–H groups in total. The van der Waals surface area contributed by atoms with E-state index in [1.807, 2.05) is 19.0 Å². The van der Waals surface area contributed by atoms with E-state index < -0.39 is 18.3 Å². The molecular weight excluding hydrogens is 410 g/mol. The number of nitrogens with two attached hydrogens (primary N) is 2. The predicted octanol–water partition coefficient (Wildman–Crippen LogP) is -0.521. The highest BCUT2D eigenvalue weighted by atomic mass is 16.6. The number of aliphatic imine (C=N–C) groups is 2. The number of hydrazine groups is 1. The minimum absolute atomic E-state index is 0.115. The zero-order valence-corrected chi connectivity index (χ0v) is 18.3. The topological polar surface area (TPSA) is 183 Å². The van der Waals surface area contributed by atoms with Crippen LogP contribution in [0.5, 0.6) is 0 Å². The smallest absolute Gasteiger partial charge is 0.404 e. The van der Waals surface area contributed by atoms with E-state index in [0.717, 1.165) is 13.0 Å². The van der Waals surface area contributed by atoms with Crippen LogP contribution < -0.4 is 22.2 Å². The van der Waals surface area contributed by atoms with Gasteiger partial charge in [-0.1, -0.05) is 0 Å². The van der Waals surface area contributed by atoms with Gasteiger partial charge < -0.3 is 31.0 Å². The maximum Gasteiger partial charge on any atom is 0.404 e. The predicted molar refractivity (Wildman–Crippen MR) is 114 cm³/mol. The Balaban J connectivity index is 3.81. The van der Waals surface area contributed by atoms with Crippen molar-refractivity contribution in [2.24, 2.45) is 21.5 Å². The van der Waals surface area contributed by atoms with Crippen LogP contribution in [0, 0.1) is 0 Å². The molecule has 13 nitrogen and oxygen atoms in total. The van der Waals surface area contributed by atoms with Crippen molar-refractivity contribution in [2.45, 2.75) is 32.3 Å². The molecule has 0 spiro atoms. The van der Waals surface area contributed by atoms with Crippen molar-refractivity contribution >= 4 is 24.1 Å². The van der Waals surface area contributed by atoms with E-state index in [9.17, 15) is 14.4 Å². The number of nitrogens with one attached hydrogen (secondary N) is 2. The summed E-state index contributed by atoms with van der Waals surface area (Å²) in [6, 6.07) is 2.63. The van der Waals surface area contributed by atoms with Crippen LogP contribution in [-0.4, -0.2) is 94.8 Å². The summed E-state index contributed by atoms with van der Waals surface area (Å²) in [4.78, 5) is 41.1. The SMILES string of the molecule is CCN=C=NCCCN(C)NCCNC(=O)CCCOC(COC(N)=O)COC(N)=O. The molecule has 0 aromatic carbocycles. The van der Waals surface area contributed by atoms with Gasteiger partial charge in [-0.25, -0.2) is 24.6 Å². The Kier molecular flexibility index (Phi) is 17.6. The molecule has 0 aliphatic carbocycles. The maximum atomic E-state index is 11.9. The molecule has 31 heavy (non-hydrogen) atoms. The normalized spacial score (nSPS) is 10.5. The van der Waals surface area contributed by atoms with Gasteiger partial charge in [-0.3, -0.25) is 10.2 Å². The number of hydrogen-bond acceptors (Lipinski definition) is 10. The van der Waals surface area contributed by atoms with Crippen molar-refractivity contribution in [2.75, 3.05) is 59.6 Å². The monoisotopic (exact) mass is 445 g/mol. The average molecular weight is 446 g/mol. The number of carbonyl (C=O) groups is 3. The number of primary amides is 2. The van der Waals surface area contributed by atoms with Crippen LogP contribution >= 0.6 is 0 Å². The zero-order chi connectivity index (χ0) is 23.3. The average Bonchev–Trinajstić information content (AvgIpc) is 2.72. The molecule has 0 aliphatic heterocycles. The van der Waals surface area contributed by atoms with E-state index in [-0.39, 0.29) is 32.1 Å². The van der Waals surface area contributed by atoms with E-state index in [1.54, 1.807) is 0 Å². The Hall–Kier alpha value is -2.73. The number of hydrogen-bond donors (Lipinski definition) is 4. The van der Waals surface area contributed by atoms with Crippen molar-refractivity contribution in [3.8, 4) is 0 Å². The van der Waals surface area contributed by atoms with Gasteiger partial charge in [0.25, 0.3) is 0 Å². The molecule has 0 radical (unpaired) electrons. The van der Waals surface area contributed by atoms with Crippen molar-refractivity contribution < 1.29 is 28.6 Å². The van der Waals surface area contributed by atoms with Crippen molar-refractivity contribution in [1.29, 1.82) is 0 Å². The van der Waals surface area contributed by atoms with Crippen LogP contribution in [0.1, 0.15) is 26.2 Å². The van der Waals surface area contributed by atoms with Crippen LogP contribution in [-0.2, 0) is 19.0 Å². The van der Waals surface area contributed by atoms with Gasteiger partial charge >= 0.3 is 12.2 Å². The van der Waals surface area contributed by atoms with E-state index in [0.29, 0.717) is 32.6 Å². The molecule has 0 saturated heterocycles. The summed E-state index contributed by atoms with van der Waals surface area (Å²) in [5, 5.41) is 4.74. The third-order valence-electron chi connectivity index (χ3n) is 3.62. The van der Waals surface area contributed by atoms with Crippen LogP contribution in [0.15, 0.2) is 9.98 Å². The van der Waals surface area contributed by atoms with Crippen LogP contribution in [0.25, 0.3) is 0 Å². The number of nitrogens with zero attached hydrogens (tertiary/aromatic N) is 3. The van der Waals surface area contributed by atoms with Gasteiger partial charge in [0.15, 0.2) is 0 Å². The van der Waals surface area contributed by atoms with E-state index >= 15 is 0 Å². The first-order chi connectivity index (χ1) is 14.8. The number of ether oxygens (including phenoxy) is 3. The lowest BCUT2D eigenvalue weighted by Gasteiger charge is -2.18. The van der Waals surface area contributed by atoms with E-state index in [2.05, 4.69) is 36.2 Å². The first-order valence-electron chi connectivity index (χ1n) is 10.1. The van der Waals surface area contributed by atoms with Crippen molar-refractivity contribution in [1.82, 2.24) is 15.8 Å². The Morgan fingerprint density at radius 3 is 2.35 bits per heavy atom. The highest BCUT2D eigenvalue weighted by Gasteiger charge is 2.14. The standard InChI is InChI=1S/C18H35N7O6/c1-3-21-14-22-7-5-10-25(2)24-9-8-23-16(26)6-4-11-29-15(12-30-17(19)27)13-31-18(20)28/h15,24H,3-13H2,1-2H3,(H2,19,27)(H2,20,28)(H,23,26). The molecule has 0 unspecified atom stereocenters. The summed E-state index contributed by atoms with van der Waals surface area (Å²) < 4.78 is 14.7. The van der Waals surface area contributed by atoms with Gasteiger partial charge in [0, 0.05) is 46.3 Å². The first kappa shape index (κ1) is 28.3. The second kappa shape index (κ2) is 19.2. The van der Waals surface area contributed by atoms with Gasteiger partial charge in [0.2, 0.25) is 5.91 Å². The van der Waals surface area contributed by atoms with Gasteiger partial charge in [0.05, 0.1) is 12.6 Å². The van der Waals surface area contributed by atoms with Crippen LogP contribution in [0.4, 0.5) is 9.59 Å². The first-order valence-corrected chi connectivity index (χ1v) is 10.1. The Labute approximate surface area is 182 Å². The van der Waals surface area contributed by atoms with Gasteiger partial charge in [-0.15, -0.1) is 0 Å². The maximum absolute atomic E-state index is 11.9. The molecule has 0 heterocycles. The van der Waals surface area contributed by atoms with Gasteiger partial charge in [-0.05, 0) is 19.8 Å². The molecule has 0 aliphatic rings. The third-order valence-corrected chi connectivity index (χ3v) is 3.62. The Morgan fingerprint density at radius 1 is 1.06 bits per heavy atom. The fourth-order valence-electron chi connectivity index (χ4n) is 2.15. The van der Waals surface area contributed by atoms with Gasteiger partial charge in [0.1, 0.15) is 19.3 Å². The molecule has 0 aromatic rings. The van der Waals surface area contributed by atoms with Crippen molar-refractivity contribution in [3.63, 3.8) is 0 Å². The van der Waals surface area contributed by atoms with Crippen molar-refractivity contribution in [3.05, 3.63) is 0 Å². The molecular formula is C18H35N7O6. The zero-order valence-electron chi connectivity index (χ0n) is 18.3. The summed E-state index contributed by atoms with van der Waals surface area (Å²) in [5.41, 5.74) is 13.0. The summed E-state index contributed by atoms with van der Waals surface area (Å²) in [7, 11) is 1.92. The van der Waals surface area contributed by atoms with Crippen LogP contribution in [0.2, 0.25) is 0 Å². The van der Waals surface area contributed by atoms with Gasteiger partial charge in [-0.2, -0.15) is 0 Å². The Bertz CT molecular complexity index is 566. The van der Waals surface area contributed by atoms with E-state index in [1.165, 1.54) is 0 Å². The summed E-state index contributed by atoms with van der Waals surface area (Å²) >= 11 is 0. The minimum Gasteiger partial charge on any atom is -0.447 e. The number of amides is 3. The minimum atomic E-state index is -0.971. The largest absolute Gasteiger partial charge is 0.447 e. The molecule has 0 bridgehead atoms. The highest BCUT2D eigenvalue weighted by Crippen LogP contribution is 1.99. The third kappa shape index (κ3) is 20.3.